The minimum Gasteiger partial charge on any atom is -0.497 e. The number of methoxy groups -OCH3 is 1. The van der Waals surface area contributed by atoms with Gasteiger partial charge < -0.3 is 14.6 Å². The van der Waals surface area contributed by atoms with Gasteiger partial charge in [0.15, 0.2) is 0 Å². The molecule has 0 atom stereocenters. The SMILES string of the molecule is COc1ccc2c(c1)cc(C(=O)Nc1cccc(Br)c1)n2C. The lowest BCUT2D eigenvalue weighted by atomic mass is 10.2. The van der Waals surface area contributed by atoms with Crippen LogP contribution in [0.15, 0.2) is 53.0 Å². The van der Waals surface area contributed by atoms with Gasteiger partial charge in [-0.15, -0.1) is 0 Å². The van der Waals surface area contributed by atoms with Crippen LogP contribution >= 0.6 is 15.9 Å². The van der Waals surface area contributed by atoms with Gasteiger partial charge >= 0.3 is 0 Å². The number of nitrogens with zero attached hydrogens (tertiary/aromatic N) is 1. The normalized spacial score (nSPS) is 10.7. The van der Waals surface area contributed by atoms with E-state index in [0.29, 0.717) is 5.69 Å². The summed E-state index contributed by atoms with van der Waals surface area (Å²) >= 11 is 3.40. The van der Waals surface area contributed by atoms with Crippen LogP contribution in [-0.4, -0.2) is 17.6 Å². The molecule has 1 aromatic heterocycles. The van der Waals surface area contributed by atoms with Gasteiger partial charge in [0.25, 0.3) is 5.91 Å². The maximum Gasteiger partial charge on any atom is 0.272 e. The summed E-state index contributed by atoms with van der Waals surface area (Å²) in [5, 5.41) is 3.88. The maximum absolute atomic E-state index is 12.5. The van der Waals surface area contributed by atoms with Crippen LogP contribution in [0.1, 0.15) is 10.5 Å². The Morgan fingerprint density at radius 2 is 2.00 bits per heavy atom. The summed E-state index contributed by atoms with van der Waals surface area (Å²) in [6, 6.07) is 15.1. The lowest BCUT2D eigenvalue weighted by molar-refractivity contribution is 0.102. The molecule has 4 nitrogen and oxygen atoms in total. The van der Waals surface area contributed by atoms with Crippen LogP contribution in [0.3, 0.4) is 0 Å². The zero-order valence-electron chi connectivity index (χ0n) is 12.3. The van der Waals surface area contributed by atoms with Gasteiger partial charge in [0.05, 0.1) is 7.11 Å². The summed E-state index contributed by atoms with van der Waals surface area (Å²) in [5.41, 5.74) is 2.34. The molecule has 3 rings (SSSR count). The molecule has 1 amide bonds. The molecule has 1 N–H and O–H groups in total. The molecule has 0 aliphatic carbocycles. The van der Waals surface area contributed by atoms with E-state index >= 15 is 0 Å². The molecular weight excluding hydrogens is 344 g/mol. The highest BCUT2D eigenvalue weighted by atomic mass is 79.9. The summed E-state index contributed by atoms with van der Waals surface area (Å²) in [5.74, 6) is 0.632. The van der Waals surface area contributed by atoms with Crippen molar-refractivity contribution in [2.45, 2.75) is 0 Å². The van der Waals surface area contributed by atoms with E-state index in [1.54, 1.807) is 7.11 Å². The third-order valence-electron chi connectivity index (χ3n) is 3.56. The van der Waals surface area contributed by atoms with E-state index in [2.05, 4.69) is 21.2 Å². The van der Waals surface area contributed by atoms with Crippen molar-refractivity contribution in [3.05, 3.63) is 58.7 Å². The van der Waals surface area contributed by atoms with Crippen LogP contribution in [0.4, 0.5) is 5.69 Å². The van der Waals surface area contributed by atoms with Gasteiger partial charge in [0.2, 0.25) is 0 Å². The second-order valence-corrected chi connectivity index (χ2v) is 5.89. The number of carbonyl (C=O) groups is 1. The first-order valence-electron chi connectivity index (χ1n) is 6.79. The van der Waals surface area contributed by atoms with Crippen LogP contribution in [0, 0.1) is 0 Å². The molecule has 0 aliphatic heterocycles. The topological polar surface area (TPSA) is 43.3 Å². The Morgan fingerprint density at radius 1 is 1.18 bits per heavy atom. The number of aryl methyl sites for hydroxylation is 1. The Kier molecular flexibility index (Phi) is 3.90. The lowest BCUT2D eigenvalue weighted by Gasteiger charge is -2.07. The summed E-state index contributed by atoms with van der Waals surface area (Å²) in [4.78, 5) is 12.5. The predicted molar refractivity (Wildman–Crippen MR) is 91.6 cm³/mol. The number of aromatic nitrogens is 1. The molecule has 5 heteroatoms. The van der Waals surface area contributed by atoms with Crippen molar-refractivity contribution >= 4 is 38.4 Å². The molecular formula is C17H15BrN2O2. The highest BCUT2D eigenvalue weighted by Crippen LogP contribution is 2.24. The van der Waals surface area contributed by atoms with Crippen LogP contribution < -0.4 is 10.1 Å². The van der Waals surface area contributed by atoms with Crippen LogP contribution in [-0.2, 0) is 7.05 Å². The van der Waals surface area contributed by atoms with Crippen molar-refractivity contribution in [1.82, 2.24) is 4.57 Å². The molecule has 2 aromatic carbocycles. The molecule has 1 heterocycles. The first kappa shape index (κ1) is 14.7. The van der Waals surface area contributed by atoms with Crippen LogP contribution in [0.5, 0.6) is 5.75 Å². The number of hydrogen-bond donors (Lipinski definition) is 1. The predicted octanol–water partition coefficient (Wildman–Crippen LogP) is 4.20. The van der Waals surface area contributed by atoms with E-state index in [4.69, 9.17) is 4.74 Å². The molecule has 0 aliphatic rings. The molecule has 112 valence electrons. The fourth-order valence-corrected chi connectivity index (χ4v) is 2.83. The van der Waals surface area contributed by atoms with Crippen LogP contribution in [0.2, 0.25) is 0 Å². The highest BCUT2D eigenvalue weighted by molar-refractivity contribution is 9.10. The van der Waals surface area contributed by atoms with Gasteiger partial charge in [-0.25, -0.2) is 0 Å². The fraction of sp³-hybridized carbons (Fsp3) is 0.118. The van der Waals surface area contributed by atoms with Crippen molar-refractivity contribution in [3.8, 4) is 5.75 Å². The fourth-order valence-electron chi connectivity index (χ4n) is 2.43. The second-order valence-electron chi connectivity index (χ2n) is 4.98. The van der Waals surface area contributed by atoms with Crippen molar-refractivity contribution < 1.29 is 9.53 Å². The average Bonchev–Trinajstić information content (AvgIpc) is 2.84. The Labute approximate surface area is 136 Å². The Balaban J connectivity index is 1.95. The minimum atomic E-state index is -0.143. The number of carbonyl (C=O) groups excluding carboxylic acids is 1. The maximum atomic E-state index is 12.5. The summed E-state index contributed by atoms with van der Waals surface area (Å²) in [6.45, 7) is 0. The average molecular weight is 359 g/mol. The van der Waals surface area contributed by atoms with Crippen molar-refractivity contribution in [3.63, 3.8) is 0 Å². The molecule has 0 saturated heterocycles. The summed E-state index contributed by atoms with van der Waals surface area (Å²) < 4.78 is 8.03. The highest BCUT2D eigenvalue weighted by Gasteiger charge is 2.14. The minimum absolute atomic E-state index is 0.143. The summed E-state index contributed by atoms with van der Waals surface area (Å²) in [6.07, 6.45) is 0. The van der Waals surface area contributed by atoms with E-state index < -0.39 is 0 Å². The van der Waals surface area contributed by atoms with Gasteiger partial charge in [-0.2, -0.15) is 0 Å². The molecule has 0 spiro atoms. The standard InChI is InChI=1S/C17H15BrN2O2/c1-20-15-7-6-14(22-2)8-11(15)9-16(20)17(21)19-13-5-3-4-12(18)10-13/h3-10H,1-2H3,(H,19,21). The van der Waals surface area contributed by atoms with Gasteiger partial charge in [-0.05, 0) is 42.5 Å². The number of ether oxygens (including phenoxy) is 1. The first-order valence-corrected chi connectivity index (χ1v) is 7.58. The van der Waals surface area contributed by atoms with E-state index in [9.17, 15) is 4.79 Å². The van der Waals surface area contributed by atoms with Gasteiger partial charge in [-0.1, -0.05) is 22.0 Å². The number of benzene rings is 2. The zero-order valence-corrected chi connectivity index (χ0v) is 13.8. The zero-order chi connectivity index (χ0) is 15.7. The number of fused-ring (bicyclic) bond motifs is 1. The summed E-state index contributed by atoms with van der Waals surface area (Å²) in [7, 11) is 3.51. The van der Waals surface area contributed by atoms with Crippen molar-refractivity contribution in [2.24, 2.45) is 7.05 Å². The number of amides is 1. The quantitative estimate of drug-likeness (QED) is 0.762. The van der Waals surface area contributed by atoms with E-state index in [-0.39, 0.29) is 5.91 Å². The molecule has 0 radical (unpaired) electrons. The molecule has 0 saturated carbocycles. The van der Waals surface area contributed by atoms with E-state index in [1.807, 2.05) is 60.1 Å². The number of nitrogens with one attached hydrogen (secondary N) is 1. The molecule has 3 aromatic rings. The number of halogens is 1. The van der Waals surface area contributed by atoms with Crippen molar-refractivity contribution in [2.75, 3.05) is 12.4 Å². The number of hydrogen-bond acceptors (Lipinski definition) is 2. The Hall–Kier alpha value is -2.27. The molecule has 0 bridgehead atoms. The smallest absolute Gasteiger partial charge is 0.272 e. The first-order chi connectivity index (χ1) is 10.6. The lowest BCUT2D eigenvalue weighted by Crippen LogP contribution is -2.15. The molecule has 0 unspecified atom stereocenters. The Morgan fingerprint density at radius 3 is 2.73 bits per heavy atom. The number of rotatable bonds is 3. The van der Waals surface area contributed by atoms with Gasteiger partial charge in [0.1, 0.15) is 11.4 Å². The largest absolute Gasteiger partial charge is 0.497 e. The second kappa shape index (κ2) is 5.85. The van der Waals surface area contributed by atoms with E-state index in [1.165, 1.54) is 0 Å². The molecule has 22 heavy (non-hydrogen) atoms. The monoisotopic (exact) mass is 358 g/mol. The molecule has 0 fully saturated rings. The van der Waals surface area contributed by atoms with E-state index in [0.717, 1.165) is 26.8 Å². The van der Waals surface area contributed by atoms with Crippen molar-refractivity contribution in [1.29, 1.82) is 0 Å². The number of anilines is 1. The van der Waals surface area contributed by atoms with Crippen LogP contribution in [0.25, 0.3) is 10.9 Å². The third-order valence-corrected chi connectivity index (χ3v) is 4.06. The van der Waals surface area contributed by atoms with Gasteiger partial charge in [0, 0.05) is 28.1 Å². The van der Waals surface area contributed by atoms with Gasteiger partial charge in [-0.3, -0.25) is 4.79 Å². The Bertz CT molecular complexity index is 855. The third kappa shape index (κ3) is 2.72.